The molecular weight excluding hydrogens is 394 g/mol. The van der Waals surface area contributed by atoms with E-state index in [1.54, 1.807) is 24.1 Å². The van der Waals surface area contributed by atoms with Crippen molar-refractivity contribution < 1.29 is 14.6 Å². The summed E-state index contributed by atoms with van der Waals surface area (Å²) in [5, 5.41) is 17.4. The van der Waals surface area contributed by atoms with Crippen molar-refractivity contribution in [2.45, 2.75) is 44.6 Å². The normalized spacial score (nSPS) is 13.8. The maximum absolute atomic E-state index is 11.4. The first-order valence-corrected chi connectivity index (χ1v) is 10.6. The number of aliphatic carboxylic acids is 1. The fourth-order valence-electron chi connectivity index (χ4n) is 3.88. The quantitative estimate of drug-likeness (QED) is 0.547. The highest BCUT2D eigenvalue weighted by Gasteiger charge is 2.19. The van der Waals surface area contributed by atoms with E-state index in [-0.39, 0.29) is 6.42 Å². The first-order chi connectivity index (χ1) is 15.1. The van der Waals surface area contributed by atoms with Gasteiger partial charge in [-0.3, -0.25) is 9.48 Å². The zero-order chi connectivity index (χ0) is 21.6. The van der Waals surface area contributed by atoms with Crippen molar-refractivity contribution in [1.29, 1.82) is 0 Å². The number of carbonyl (C=O) groups is 1. The third kappa shape index (κ3) is 5.20. The van der Waals surface area contributed by atoms with Crippen molar-refractivity contribution in [1.82, 2.24) is 19.7 Å². The zero-order valence-electron chi connectivity index (χ0n) is 17.6. The second-order valence-corrected chi connectivity index (χ2v) is 7.73. The highest BCUT2D eigenvalue weighted by molar-refractivity contribution is 5.68. The summed E-state index contributed by atoms with van der Waals surface area (Å²) in [6.07, 6.45) is 8.28. The third-order valence-corrected chi connectivity index (χ3v) is 5.52. The number of carboxylic acid groups (broad SMARTS) is 1. The van der Waals surface area contributed by atoms with Crippen LogP contribution in [0.15, 0.2) is 42.7 Å². The van der Waals surface area contributed by atoms with Gasteiger partial charge in [-0.05, 0) is 61.4 Å². The molecule has 1 atom stereocenters. The van der Waals surface area contributed by atoms with E-state index in [0.717, 1.165) is 61.4 Å². The van der Waals surface area contributed by atoms with Gasteiger partial charge in [0.15, 0.2) is 0 Å². The maximum atomic E-state index is 11.4. The monoisotopic (exact) mass is 421 g/mol. The van der Waals surface area contributed by atoms with Gasteiger partial charge in [0, 0.05) is 30.7 Å². The van der Waals surface area contributed by atoms with Gasteiger partial charge in [-0.1, -0.05) is 6.07 Å². The summed E-state index contributed by atoms with van der Waals surface area (Å²) >= 11 is 0. The van der Waals surface area contributed by atoms with Gasteiger partial charge in [-0.25, -0.2) is 9.97 Å². The molecule has 0 amide bonds. The Bertz CT molecular complexity index is 1030. The van der Waals surface area contributed by atoms with Gasteiger partial charge < -0.3 is 15.2 Å². The number of anilines is 1. The van der Waals surface area contributed by atoms with E-state index >= 15 is 0 Å². The van der Waals surface area contributed by atoms with Crippen molar-refractivity contribution in [3.05, 3.63) is 65.2 Å². The number of nitrogens with one attached hydrogen (secondary N) is 1. The van der Waals surface area contributed by atoms with Crippen molar-refractivity contribution in [2.24, 2.45) is 0 Å². The van der Waals surface area contributed by atoms with Crippen molar-refractivity contribution >= 4 is 11.8 Å². The average Bonchev–Trinajstić information content (AvgIpc) is 3.26. The van der Waals surface area contributed by atoms with Crippen molar-refractivity contribution in [2.75, 3.05) is 19.0 Å². The fourth-order valence-corrected chi connectivity index (χ4v) is 3.88. The lowest BCUT2D eigenvalue weighted by molar-refractivity contribution is -0.137. The number of pyridine rings is 2. The van der Waals surface area contributed by atoms with Gasteiger partial charge in [0.05, 0.1) is 25.3 Å². The molecule has 4 heterocycles. The Morgan fingerprint density at radius 3 is 2.87 bits per heavy atom. The molecule has 8 heteroatoms. The first-order valence-electron chi connectivity index (χ1n) is 10.6. The number of aryl methyl sites for hydroxylation is 3. The van der Waals surface area contributed by atoms with Crippen LogP contribution in [0.1, 0.15) is 47.8 Å². The van der Waals surface area contributed by atoms with E-state index in [0.29, 0.717) is 5.88 Å². The molecule has 0 saturated heterocycles. The highest BCUT2D eigenvalue weighted by atomic mass is 16.5. The Kier molecular flexibility index (Phi) is 6.45. The van der Waals surface area contributed by atoms with Crippen LogP contribution in [-0.4, -0.2) is 44.5 Å². The van der Waals surface area contributed by atoms with E-state index in [1.165, 1.54) is 5.56 Å². The minimum absolute atomic E-state index is 0.0683. The molecule has 0 spiro atoms. The van der Waals surface area contributed by atoms with Crippen LogP contribution in [0.3, 0.4) is 0 Å². The average molecular weight is 422 g/mol. The number of carboxylic acids is 1. The summed E-state index contributed by atoms with van der Waals surface area (Å²) in [5.41, 5.74) is 4.10. The van der Waals surface area contributed by atoms with Gasteiger partial charge in [-0.2, -0.15) is 5.10 Å². The smallest absolute Gasteiger partial charge is 0.305 e. The van der Waals surface area contributed by atoms with E-state index in [2.05, 4.69) is 27.5 Å². The van der Waals surface area contributed by atoms with Crippen LogP contribution in [0.5, 0.6) is 5.88 Å². The lowest BCUT2D eigenvalue weighted by atomic mass is 10.1. The highest BCUT2D eigenvalue weighted by Crippen LogP contribution is 2.23. The Balaban J connectivity index is 1.40. The summed E-state index contributed by atoms with van der Waals surface area (Å²) in [7, 11) is 1.55. The summed E-state index contributed by atoms with van der Waals surface area (Å²) in [5.74, 6) is 0.632. The topological polar surface area (TPSA) is 102 Å². The molecule has 0 unspecified atom stereocenters. The summed E-state index contributed by atoms with van der Waals surface area (Å²) < 4.78 is 6.81. The number of hydrogen-bond acceptors (Lipinski definition) is 6. The molecule has 0 radical (unpaired) electrons. The zero-order valence-corrected chi connectivity index (χ0v) is 17.6. The molecule has 1 aliphatic heterocycles. The van der Waals surface area contributed by atoms with E-state index in [4.69, 9.17) is 9.72 Å². The van der Waals surface area contributed by atoms with Crippen LogP contribution in [0.2, 0.25) is 0 Å². The second kappa shape index (κ2) is 9.59. The van der Waals surface area contributed by atoms with Crippen molar-refractivity contribution in [3.63, 3.8) is 0 Å². The minimum atomic E-state index is -0.884. The number of fused-ring (bicyclic) bond motifs is 1. The first kappa shape index (κ1) is 20.8. The van der Waals surface area contributed by atoms with Gasteiger partial charge in [0.1, 0.15) is 5.82 Å². The number of ether oxygens (including phenoxy) is 1. The standard InChI is InChI=1S/C23H27N5O3/c1-31-21-10-8-17(15-25-21)20(14-22(29)30)28-13-11-19(27-28)6-2-5-18-9-7-16-4-3-12-24-23(16)26-18/h7-11,13,15,20H,2-6,12,14H2,1H3,(H,24,26)(H,29,30)/t20-/m0/s1. The van der Waals surface area contributed by atoms with Crippen LogP contribution in [0.4, 0.5) is 5.82 Å². The van der Waals surface area contributed by atoms with Crippen LogP contribution < -0.4 is 10.1 Å². The van der Waals surface area contributed by atoms with Crippen LogP contribution in [-0.2, 0) is 24.1 Å². The van der Waals surface area contributed by atoms with Gasteiger partial charge in [-0.15, -0.1) is 0 Å². The van der Waals surface area contributed by atoms with E-state index in [1.807, 2.05) is 18.3 Å². The molecule has 1 aliphatic rings. The third-order valence-electron chi connectivity index (χ3n) is 5.52. The molecule has 162 valence electrons. The molecule has 2 N–H and O–H groups in total. The predicted molar refractivity (Wildman–Crippen MR) is 116 cm³/mol. The molecule has 0 aliphatic carbocycles. The minimum Gasteiger partial charge on any atom is -0.481 e. The molecular formula is C23H27N5O3. The molecule has 0 bridgehead atoms. The molecule has 0 saturated carbocycles. The molecule has 0 aromatic carbocycles. The Labute approximate surface area is 181 Å². The summed E-state index contributed by atoms with van der Waals surface area (Å²) in [6, 6.07) is 9.39. The molecule has 3 aromatic rings. The van der Waals surface area contributed by atoms with Gasteiger partial charge in [0.25, 0.3) is 0 Å². The summed E-state index contributed by atoms with van der Waals surface area (Å²) in [6.45, 7) is 0.988. The lowest BCUT2D eigenvalue weighted by Crippen LogP contribution is -2.16. The summed E-state index contributed by atoms with van der Waals surface area (Å²) in [4.78, 5) is 20.4. The predicted octanol–water partition coefficient (Wildman–Crippen LogP) is 3.28. The second-order valence-electron chi connectivity index (χ2n) is 7.73. The van der Waals surface area contributed by atoms with Crippen molar-refractivity contribution in [3.8, 4) is 5.88 Å². The molecule has 4 rings (SSSR count). The Morgan fingerprint density at radius 1 is 1.23 bits per heavy atom. The van der Waals surface area contributed by atoms with Gasteiger partial charge >= 0.3 is 5.97 Å². The molecule has 8 nitrogen and oxygen atoms in total. The molecule has 3 aromatic heterocycles. The van der Waals surface area contributed by atoms with Crippen LogP contribution in [0, 0.1) is 0 Å². The van der Waals surface area contributed by atoms with Gasteiger partial charge in [0.2, 0.25) is 5.88 Å². The molecule has 31 heavy (non-hydrogen) atoms. The number of methoxy groups -OCH3 is 1. The van der Waals surface area contributed by atoms with E-state index < -0.39 is 12.0 Å². The number of hydrogen-bond donors (Lipinski definition) is 2. The lowest BCUT2D eigenvalue weighted by Gasteiger charge is -2.17. The molecule has 0 fully saturated rings. The van der Waals surface area contributed by atoms with Crippen LogP contribution in [0.25, 0.3) is 0 Å². The number of nitrogens with zero attached hydrogens (tertiary/aromatic N) is 4. The Morgan fingerprint density at radius 2 is 2.10 bits per heavy atom. The SMILES string of the molecule is COc1ccc([C@H](CC(=O)O)n2ccc(CCCc3ccc4c(n3)NCCC4)n2)cn1. The maximum Gasteiger partial charge on any atom is 0.305 e. The Hall–Kier alpha value is -3.42. The number of rotatable bonds is 9. The fraction of sp³-hybridized carbons (Fsp3) is 0.391. The number of aromatic nitrogens is 4. The largest absolute Gasteiger partial charge is 0.481 e. The van der Waals surface area contributed by atoms with Crippen LogP contribution >= 0.6 is 0 Å². The van der Waals surface area contributed by atoms with E-state index in [9.17, 15) is 9.90 Å².